The van der Waals surface area contributed by atoms with Crippen molar-refractivity contribution in [2.24, 2.45) is 33.8 Å². The van der Waals surface area contributed by atoms with Gasteiger partial charge in [0.2, 0.25) is 23.6 Å². The van der Waals surface area contributed by atoms with E-state index in [2.05, 4.69) is 20.9 Å². The molecule has 4 atom stereocenters. The quantitative estimate of drug-likeness (QED) is 0.0480. The summed E-state index contributed by atoms with van der Waals surface area (Å²) < 4.78 is 0. The van der Waals surface area contributed by atoms with Gasteiger partial charge < -0.3 is 49.1 Å². The fourth-order valence-electron chi connectivity index (χ4n) is 3.12. The summed E-state index contributed by atoms with van der Waals surface area (Å²) in [5.74, 6) is -6.27. The van der Waals surface area contributed by atoms with Crippen molar-refractivity contribution in [3.05, 3.63) is 0 Å². The van der Waals surface area contributed by atoms with E-state index in [0.29, 0.717) is 0 Å². The summed E-state index contributed by atoms with van der Waals surface area (Å²) in [6.45, 7) is 3.66. The molecule has 0 aromatic carbocycles. The number of nitrogens with one attached hydrogen (secondary N) is 3. The van der Waals surface area contributed by atoms with Gasteiger partial charge >= 0.3 is 11.9 Å². The number of nitrogens with two attached hydrogens (primary N) is 4. The Morgan fingerprint density at radius 3 is 1.78 bits per heavy atom. The van der Waals surface area contributed by atoms with Crippen LogP contribution in [0.2, 0.25) is 0 Å². The van der Waals surface area contributed by atoms with Crippen molar-refractivity contribution in [1.29, 1.82) is 0 Å². The summed E-state index contributed by atoms with van der Waals surface area (Å²) in [5.41, 5.74) is 21.2. The highest BCUT2D eigenvalue weighted by Crippen LogP contribution is 2.08. The first-order valence-corrected chi connectivity index (χ1v) is 11.6. The smallest absolute Gasteiger partial charge is 0.326 e. The molecule has 16 nitrogen and oxygen atoms in total. The molecule has 0 aliphatic carbocycles. The van der Waals surface area contributed by atoms with Crippen molar-refractivity contribution >= 4 is 41.5 Å². The molecule has 0 heterocycles. The molecule has 0 fully saturated rings. The lowest BCUT2D eigenvalue weighted by Gasteiger charge is -2.25. The summed E-state index contributed by atoms with van der Waals surface area (Å²) in [6.07, 6.45) is -0.937. The Morgan fingerprint density at radius 1 is 0.811 bits per heavy atom. The van der Waals surface area contributed by atoms with Gasteiger partial charge in [-0.3, -0.25) is 29.0 Å². The second kappa shape index (κ2) is 16.7. The highest BCUT2D eigenvalue weighted by molar-refractivity contribution is 5.95. The Labute approximate surface area is 214 Å². The van der Waals surface area contributed by atoms with Crippen LogP contribution in [0.15, 0.2) is 4.99 Å². The van der Waals surface area contributed by atoms with Crippen LogP contribution in [0.5, 0.6) is 0 Å². The van der Waals surface area contributed by atoms with Crippen molar-refractivity contribution in [1.82, 2.24) is 16.0 Å². The summed E-state index contributed by atoms with van der Waals surface area (Å²) >= 11 is 0. The Bertz CT molecular complexity index is 859. The molecule has 4 amide bonds. The molecule has 0 bridgehead atoms. The molecule has 0 rings (SSSR count). The zero-order valence-corrected chi connectivity index (χ0v) is 20.9. The van der Waals surface area contributed by atoms with Crippen LogP contribution >= 0.6 is 0 Å². The van der Waals surface area contributed by atoms with Gasteiger partial charge in [0.1, 0.15) is 18.1 Å². The van der Waals surface area contributed by atoms with Crippen LogP contribution in [0.25, 0.3) is 0 Å². The maximum Gasteiger partial charge on any atom is 0.326 e. The third-order valence-electron chi connectivity index (χ3n) is 4.94. The lowest BCUT2D eigenvalue weighted by molar-refractivity contribution is -0.142. The number of aliphatic imine (C=N–C) groups is 1. The molecule has 0 radical (unpaired) electrons. The molecule has 0 spiro atoms. The molecule has 0 saturated heterocycles. The number of hydrogen-bond acceptors (Lipinski definition) is 8. The number of carboxylic acids is 2. The number of aliphatic carboxylic acids is 2. The first-order valence-electron chi connectivity index (χ1n) is 11.6. The Morgan fingerprint density at radius 2 is 1.32 bits per heavy atom. The lowest BCUT2D eigenvalue weighted by Crippen LogP contribution is -2.57. The maximum atomic E-state index is 13.0. The van der Waals surface area contributed by atoms with Crippen LogP contribution in [0.4, 0.5) is 0 Å². The van der Waals surface area contributed by atoms with Crippen LogP contribution in [0.1, 0.15) is 52.4 Å². The molecule has 0 saturated carbocycles. The van der Waals surface area contributed by atoms with Gasteiger partial charge in [-0.2, -0.15) is 0 Å². The van der Waals surface area contributed by atoms with Crippen LogP contribution in [-0.4, -0.2) is 82.5 Å². The van der Waals surface area contributed by atoms with E-state index in [4.69, 9.17) is 28.0 Å². The minimum Gasteiger partial charge on any atom is -0.481 e. The fraction of sp³-hybridized carbons (Fsp3) is 0.667. The first kappa shape index (κ1) is 33.0. The van der Waals surface area contributed by atoms with Crippen molar-refractivity contribution < 1.29 is 39.0 Å². The van der Waals surface area contributed by atoms with E-state index in [1.54, 1.807) is 13.8 Å². The predicted octanol–water partition coefficient (Wildman–Crippen LogP) is -3.31. The molecule has 0 aromatic rings. The number of carboxylic acid groups (broad SMARTS) is 2. The largest absolute Gasteiger partial charge is 0.481 e. The highest BCUT2D eigenvalue weighted by Gasteiger charge is 2.31. The van der Waals surface area contributed by atoms with Crippen molar-refractivity contribution in [3.8, 4) is 0 Å². The van der Waals surface area contributed by atoms with E-state index >= 15 is 0 Å². The van der Waals surface area contributed by atoms with E-state index in [-0.39, 0.29) is 50.5 Å². The molecule has 16 heteroatoms. The number of primary amides is 1. The molecule has 0 aliphatic rings. The number of carbonyl (C=O) groups excluding carboxylic acids is 4. The minimum atomic E-state index is -1.48. The molecular formula is C21H38N8O8. The zero-order chi connectivity index (χ0) is 28.7. The third kappa shape index (κ3) is 14.9. The van der Waals surface area contributed by atoms with E-state index in [0.717, 1.165) is 0 Å². The van der Waals surface area contributed by atoms with Crippen molar-refractivity contribution in [2.45, 2.75) is 76.5 Å². The normalized spacial score (nSPS) is 13.9. The average molecular weight is 531 g/mol. The number of carbonyl (C=O) groups is 6. The fourth-order valence-corrected chi connectivity index (χ4v) is 3.12. The van der Waals surface area contributed by atoms with Gasteiger partial charge in [0.25, 0.3) is 0 Å². The number of amides is 4. The third-order valence-corrected chi connectivity index (χ3v) is 4.94. The average Bonchev–Trinajstić information content (AvgIpc) is 2.76. The predicted molar refractivity (Wildman–Crippen MR) is 131 cm³/mol. The summed E-state index contributed by atoms with van der Waals surface area (Å²) in [5, 5.41) is 25.3. The Balaban J connectivity index is 5.72. The standard InChI is InChI=1S/C21H38N8O8/c1-10(2)8-14(20(36)37)29-18(34)12(4-3-7-26-21(24)25)28-19(35)13(5-6-15(23)30)27-17(33)11(22)9-16(31)32/h10-14H,3-9,22H2,1-2H3,(H2,23,30)(H,27,33)(H,28,35)(H,29,34)(H,31,32)(H,36,37)(H4,24,25,26). The van der Waals surface area contributed by atoms with Gasteiger partial charge in [0.15, 0.2) is 5.96 Å². The summed E-state index contributed by atoms with van der Waals surface area (Å²) in [7, 11) is 0. The first-order chi connectivity index (χ1) is 17.1. The molecule has 0 aromatic heterocycles. The molecule has 13 N–H and O–H groups in total. The van der Waals surface area contributed by atoms with E-state index in [1.807, 2.05) is 0 Å². The number of guanidine groups is 1. The van der Waals surface area contributed by atoms with Crippen LogP contribution in [-0.2, 0) is 28.8 Å². The van der Waals surface area contributed by atoms with Gasteiger partial charge in [-0.1, -0.05) is 13.8 Å². The van der Waals surface area contributed by atoms with Crippen molar-refractivity contribution in [2.75, 3.05) is 6.54 Å². The van der Waals surface area contributed by atoms with Gasteiger partial charge in [0, 0.05) is 13.0 Å². The van der Waals surface area contributed by atoms with Gasteiger partial charge in [0.05, 0.1) is 12.5 Å². The SMILES string of the molecule is CC(C)CC(NC(=O)C(CCCN=C(N)N)NC(=O)C(CCC(N)=O)NC(=O)C(N)CC(=O)O)C(=O)O. The molecule has 0 aliphatic heterocycles. The summed E-state index contributed by atoms with van der Waals surface area (Å²) in [6, 6.07) is -5.34. The second-order valence-electron chi connectivity index (χ2n) is 8.81. The molecule has 37 heavy (non-hydrogen) atoms. The number of rotatable bonds is 18. The molecule has 210 valence electrons. The van der Waals surface area contributed by atoms with Crippen LogP contribution < -0.4 is 38.9 Å². The number of nitrogens with zero attached hydrogens (tertiary/aromatic N) is 1. The van der Waals surface area contributed by atoms with E-state index in [9.17, 15) is 33.9 Å². The van der Waals surface area contributed by atoms with Crippen LogP contribution in [0.3, 0.4) is 0 Å². The minimum absolute atomic E-state index is 0.00259. The highest BCUT2D eigenvalue weighted by atomic mass is 16.4. The van der Waals surface area contributed by atoms with Gasteiger partial charge in [-0.25, -0.2) is 4.79 Å². The summed E-state index contributed by atoms with van der Waals surface area (Å²) in [4.78, 5) is 75.6. The van der Waals surface area contributed by atoms with Crippen LogP contribution in [0, 0.1) is 5.92 Å². The van der Waals surface area contributed by atoms with Crippen molar-refractivity contribution in [3.63, 3.8) is 0 Å². The molecular weight excluding hydrogens is 492 g/mol. The van der Waals surface area contributed by atoms with E-state index < -0.39 is 66.2 Å². The molecule has 4 unspecified atom stereocenters. The topological polar surface area (TPSA) is 295 Å². The Kier molecular flexibility index (Phi) is 14.9. The monoisotopic (exact) mass is 530 g/mol. The van der Waals surface area contributed by atoms with Gasteiger partial charge in [-0.15, -0.1) is 0 Å². The lowest BCUT2D eigenvalue weighted by atomic mass is 10.0. The maximum absolute atomic E-state index is 13.0. The van der Waals surface area contributed by atoms with E-state index in [1.165, 1.54) is 0 Å². The van der Waals surface area contributed by atoms with Gasteiger partial charge in [-0.05, 0) is 31.6 Å². The number of hydrogen-bond donors (Lipinski definition) is 9. The zero-order valence-electron chi connectivity index (χ0n) is 20.9. The second-order valence-corrected chi connectivity index (χ2v) is 8.81. The Hall–Kier alpha value is -3.95.